The number of ether oxygens (including phenoxy) is 1. The van der Waals surface area contributed by atoms with Crippen molar-refractivity contribution in [1.82, 2.24) is 15.3 Å². The SMILES string of the molecule is CC1CCNCC1Oc1ncccn1. The Balaban J connectivity index is 1.96. The molecule has 1 aliphatic rings. The van der Waals surface area contributed by atoms with Gasteiger partial charge in [-0.25, -0.2) is 9.97 Å². The average molecular weight is 193 g/mol. The third kappa shape index (κ3) is 2.20. The molecule has 1 N–H and O–H groups in total. The number of piperidine rings is 1. The molecule has 1 aliphatic heterocycles. The summed E-state index contributed by atoms with van der Waals surface area (Å²) in [5.74, 6) is 0.569. The Hall–Kier alpha value is -1.16. The van der Waals surface area contributed by atoms with Gasteiger partial charge in [0.1, 0.15) is 6.10 Å². The molecule has 0 saturated carbocycles. The van der Waals surface area contributed by atoms with Crippen molar-refractivity contribution in [3.63, 3.8) is 0 Å². The van der Waals surface area contributed by atoms with Gasteiger partial charge in [-0.1, -0.05) is 6.92 Å². The largest absolute Gasteiger partial charge is 0.459 e. The van der Waals surface area contributed by atoms with Crippen molar-refractivity contribution in [2.24, 2.45) is 5.92 Å². The van der Waals surface area contributed by atoms with Crippen molar-refractivity contribution in [2.45, 2.75) is 19.4 Å². The monoisotopic (exact) mass is 193 g/mol. The number of nitrogens with one attached hydrogen (secondary N) is 1. The topological polar surface area (TPSA) is 47.0 Å². The minimum absolute atomic E-state index is 0.200. The van der Waals surface area contributed by atoms with Gasteiger partial charge in [0.05, 0.1) is 0 Å². The van der Waals surface area contributed by atoms with Crippen molar-refractivity contribution >= 4 is 0 Å². The zero-order valence-corrected chi connectivity index (χ0v) is 8.31. The van der Waals surface area contributed by atoms with E-state index in [2.05, 4.69) is 22.2 Å². The molecular formula is C10H15N3O. The first-order valence-corrected chi connectivity index (χ1v) is 5.00. The summed E-state index contributed by atoms with van der Waals surface area (Å²) in [7, 11) is 0. The maximum atomic E-state index is 5.68. The Morgan fingerprint density at radius 1 is 1.43 bits per heavy atom. The number of nitrogens with zero attached hydrogens (tertiary/aromatic N) is 2. The maximum Gasteiger partial charge on any atom is 0.316 e. The lowest BCUT2D eigenvalue weighted by Crippen LogP contribution is -2.43. The molecule has 2 rings (SSSR count). The number of aromatic nitrogens is 2. The standard InChI is InChI=1S/C10H15N3O/c1-8-3-6-11-7-9(8)14-10-12-4-2-5-13-10/h2,4-5,8-9,11H,3,6-7H2,1H3. The third-order valence-electron chi connectivity index (χ3n) is 2.56. The Kier molecular flexibility index (Phi) is 2.93. The Bertz CT molecular complexity index is 278. The summed E-state index contributed by atoms with van der Waals surface area (Å²) in [6.07, 6.45) is 4.75. The average Bonchev–Trinajstić information content (AvgIpc) is 2.23. The second kappa shape index (κ2) is 4.37. The first-order chi connectivity index (χ1) is 6.86. The number of rotatable bonds is 2. The second-order valence-corrected chi connectivity index (χ2v) is 3.66. The van der Waals surface area contributed by atoms with Crippen LogP contribution in [0.3, 0.4) is 0 Å². The molecule has 2 heterocycles. The van der Waals surface area contributed by atoms with Crippen LogP contribution in [0.2, 0.25) is 0 Å². The highest BCUT2D eigenvalue weighted by Gasteiger charge is 2.23. The van der Waals surface area contributed by atoms with Gasteiger partial charge in [0, 0.05) is 18.9 Å². The fourth-order valence-corrected chi connectivity index (χ4v) is 1.60. The highest BCUT2D eigenvalue weighted by Crippen LogP contribution is 2.15. The molecule has 1 fully saturated rings. The molecule has 1 aromatic heterocycles. The van der Waals surface area contributed by atoms with Crippen molar-refractivity contribution in [1.29, 1.82) is 0 Å². The minimum Gasteiger partial charge on any atom is -0.459 e. The van der Waals surface area contributed by atoms with E-state index in [1.807, 2.05) is 0 Å². The molecule has 0 spiro atoms. The first kappa shape index (κ1) is 9.40. The van der Waals surface area contributed by atoms with Gasteiger partial charge in [0.25, 0.3) is 0 Å². The zero-order valence-electron chi connectivity index (χ0n) is 8.31. The maximum absolute atomic E-state index is 5.68. The normalized spacial score (nSPS) is 27.2. The van der Waals surface area contributed by atoms with Gasteiger partial charge in [-0.05, 0) is 24.9 Å². The van der Waals surface area contributed by atoms with Gasteiger partial charge in [-0.3, -0.25) is 0 Å². The molecule has 0 aliphatic carbocycles. The molecule has 4 nitrogen and oxygen atoms in total. The summed E-state index contributed by atoms with van der Waals surface area (Å²) in [5, 5.41) is 3.30. The fraction of sp³-hybridized carbons (Fsp3) is 0.600. The van der Waals surface area contributed by atoms with Gasteiger partial charge in [-0.2, -0.15) is 0 Å². The van der Waals surface area contributed by atoms with Crippen LogP contribution in [0.4, 0.5) is 0 Å². The van der Waals surface area contributed by atoms with E-state index in [1.54, 1.807) is 18.5 Å². The van der Waals surface area contributed by atoms with Crippen LogP contribution in [-0.4, -0.2) is 29.2 Å². The molecule has 14 heavy (non-hydrogen) atoms. The highest BCUT2D eigenvalue weighted by molar-refractivity contribution is 4.95. The summed E-state index contributed by atoms with van der Waals surface area (Å²) in [5.41, 5.74) is 0. The van der Waals surface area contributed by atoms with Crippen LogP contribution in [-0.2, 0) is 0 Å². The van der Waals surface area contributed by atoms with E-state index in [4.69, 9.17) is 4.74 Å². The summed E-state index contributed by atoms with van der Waals surface area (Å²) >= 11 is 0. The van der Waals surface area contributed by atoms with E-state index >= 15 is 0 Å². The van der Waals surface area contributed by atoms with Gasteiger partial charge in [-0.15, -0.1) is 0 Å². The van der Waals surface area contributed by atoms with Crippen LogP contribution in [0, 0.1) is 5.92 Å². The molecular weight excluding hydrogens is 178 g/mol. The Morgan fingerprint density at radius 3 is 2.93 bits per heavy atom. The molecule has 0 aromatic carbocycles. The lowest BCUT2D eigenvalue weighted by atomic mass is 9.97. The summed E-state index contributed by atoms with van der Waals surface area (Å²) in [6, 6.07) is 2.27. The zero-order chi connectivity index (χ0) is 9.80. The summed E-state index contributed by atoms with van der Waals surface area (Å²) in [6.45, 7) is 4.17. The molecule has 1 saturated heterocycles. The van der Waals surface area contributed by atoms with E-state index < -0.39 is 0 Å². The van der Waals surface area contributed by atoms with Crippen LogP contribution >= 0.6 is 0 Å². The van der Waals surface area contributed by atoms with E-state index in [0.29, 0.717) is 11.9 Å². The van der Waals surface area contributed by atoms with E-state index in [0.717, 1.165) is 19.5 Å². The molecule has 1 aromatic rings. The van der Waals surface area contributed by atoms with Crippen LogP contribution in [0.1, 0.15) is 13.3 Å². The predicted molar refractivity (Wildman–Crippen MR) is 53.1 cm³/mol. The van der Waals surface area contributed by atoms with Crippen molar-refractivity contribution < 1.29 is 4.74 Å². The molecule has 0 amide bonds. The minimum atomic E-state index is 0.200. The summed E-state index contributed by atoms with van der Waals surface area (Å²) < 4.78 is 5.68. The van der Waals surface area contributed by atoms with Crippen molar-refractivity contribution in [2.75, 3.05) is 13.1 Å². The van der Waals surface area contributed by atoms with Gasteiger partial charge < -0.3 is 10.1 Å². The van der Waals surface area contributed by atoms with Gasteiger partial charge in [0.2, 0.25) is 0 Å². The fourth-order valence-electron chi connectivity index (χ4n) is 1.60. The number of hydrogen-bond donors (Lipinski definition) is 1. The van der Waals surface area contributed by atoms with E-state index in [1.165, 1.54) is 0 Å². The smallest absolute Gasteiger partial charge is 0.316 e. The number of hydrogen-bond acceptors (Lipinski definition) is 4. The molecule has 2 unspecified atom stereocenters. The predicted octanol–water partition coefficient (Wildman–Crippen LogP) is 0.853. The van der Waals surface area contributed by atoms with Gasteiger partial charge in [0.15, 0.2) is 0 Å². The van der Waals surface area contributed by atoms with Crippen molar-refractivity contribution in [3.05, 3.63) is 18.5 Å². The molecule has 2 atom stereocenters. The van der Waals surface area contributed by atoms with E-state index in [-0.39, 0.29) is 6.10 Å². The lowest BCUT2D eigenvalue weighted by molar-refractivity contribution is 0.104. The molecule has 0 bridgehead atoms. The van der Waals surface area contributed by atoms with Gasteiger partial charge >= 0.3 is 6.01 Å². The van der Waals surface area contributed by atoms with E-state index in [9.17, 15) is 0 Å². The van der Waals surface area contributed by atoms with Crippen molar-refractivity contribution in [3.8, 4) is 6.01 Å². The quantitative estimate of drug-likeness (QED) is 0.756. The van der Waals surface area contributed by atoms with Crippen LogP contribution in [0.5, 0.6) is 6.01 Å². The first-order valence-electron chi connectivity index (χ1n) is 5.00. The lowest BCUT2D eigenvalue weighted by Gasteiger charge is -2.28. The molecule has 4 heteroatoms. The Morgan fingerprint density at radius 2 is 2.21 bits per heavy atom. The van der Waals surface area contributed by atoms with Crippen LogP contribution in [0.15, 0.2) is 18.5 Å². The second-order valence-electron chi connectivity index (χ2n) is 3.66. The molecule has 76 valence electrons. The summed E-state index contributed by atoms with van der Waals surface area (Å²) in [4.78, 5) is 8.09. The molecule has 0 radical (unpaired) electrons. The van der Waals surface area contributed by atoms with Crippen LogP contribution < -0.4 is 10.1 Å². The van der Waals surface area contributed by atoms with Crippen LogP contribution in [0.25, 0.3) is 0 Å². The third-order valence-corrected chi connectivity index (χ3v) is 2.56. The highest BCUT2D eigenvalue weighted by atomic mass is 16.5. The Labute approximate surface area is 83.7 Å².